The minimum atomic E-state index is -3.93. The van der Waals surface area contributed by atoms with Gasteiger partial charge in [0.05, 0.1) is 53.6 Å². The molecule has 230 valence electrons. The number of Topliss-reactive ketones (excluding diaryl/α,β-unsaturated/α-hetero) is 1. The summed E-state index contributed by atoms with van der Waals surface area (Å²) in [4.78, 5) is 35.3. The number of ether oxygens (including phenoxy) is 4. The van der Waals surface area contributed by atoms with E-state index in [1.807, 2.05) is 0 Å². The lowest BCUT2D eigenvalue weighted by atomic mass is 10.1. The van der Waals surface area contributed by atoms with Crippen LogP contribution >= 0.6 is 7.60 Å². The van der Waals surface area contributed by atoms with Crippen LogP contribution in [0, 0.1) is 5.82 Å². The molecule has 0 bridgehead atoms. The Balaban J connectivity index is 1.40. The molecule has 0 aliphatic heterocycles. The fourth-order valence-corrected chi connectivity index (χ4v) is 5.31. The maximum absolute atomic E-state index is 14.2. The number of H-pyrrole nitrogens is 1. The zero-order valence-corrected chi connectivity index (χ0v) is 24.6. The van der Waals surface area contributed by atoms with Gasteiger partial charge in [-0.05, 0) is 35.9 Å². The lowest BCUT2D eigenvalue weighted by Gasteiger charge is -2.19. The molecule has 0 radical (unpaired) electrons. The number of halogens is 1. The van der Waals surface area contributed by atoms with E-state index in [1.54, 1.807) is 16.7 Å². The second-order valence-electron chi connectivity index (χ2n) is 9.02. The lowest BCUT2D eigenvalue weighted by molar-refractivity contribution is 0.0885. The summed E-state index contributed by atoms with van der Waals surface area (Å²) in [5.74, 6) is -0.310. The predicted molar refractivity (Wildman–Crippen MR) is 153 cm³/mol. The van der Waals surface area contributed by atoms with Gasteiger partial charge in [-0.15, -0.1) is 0 Å². The summed E-state index contributed by atoms with van der Waals surface area (Å²) in [6.45, 7) is -0.491. The first kappa shape index (κ1) is 31.6. The maximum Gasteiger partial charge on any atom is 0.333 e. The molecule has 43 heavy (non-hydrogen) atoms. The number of fused-ring (bicyclic) bond motifs is 1. The number of nitrogens with one attached hydrogen (secondary N) is 1. The summed E-state index contributed by atoms with van der Waals surface area (Å²) in [5, 5.41) is 0. The van der Waals surface area contributed by atoms with Crippen LogP contribution in [0.3, 0.4) is 0 Å². The number of hydrogen-bond acceptors (Lipinski definition) is 12. The van der Waals surface area contributed by atoms with Gasteiger partial charge in [0.1, 0.15) is 6.61 Å². The molecule has 2 aromatic carbocycles. The minimum absolute atomic E-state index is 0.0465. The smallest absolute Gasteiger partial charge is 0.333 e. The van der Waals surface area contributed by atoms with Gasteiger partial charge >= 0.3 is 7.60 Å². The minimum Gasteiger partial charge on any atom is -0.494 e. The highest BCUT2D eigenvalue weighted by molar-refractivity contribution is 7.53. The van der Waals surface area contributed by atoms with Crippen molar-refractivity contribution >= 4 is 30.5 Å². The van der Waals surface area contributed by atoms with Gasteiger partial charge in [0, 0.05) is 12.1 Å². The molecule has 14 nitrogen and oxygen atoms in total. The van der Waals surface area contributed by atoms with Crippen molar-refractivity contribution in [2.24, 2.45) is 0 Å². The Labute approximate surface area is 245 Å². The number of hydrogen-bond donors (Lipinski definition) is 2. The molecule has 0 saturated carbocycles. The fraction of sp³-hybridized carbons (Fsp3) is 0.333. The van der Waals surface area contributed by atoms with Crippen molar-refractivity contribution in [1.82, 2.24) is 19.5 Å². The molecule has 0 aliphatic carbocycles. The Bertz CT molecular complexity index is 1690. The van der Waals surface area contributed by atoms with Gasteiger partial charge in [-0.1, -0.05) is 6.07 Å². The van der Waals surface area contributed by atoms with Crippen LogP contribution in [-0.2, 0) is 31.5 Å². The van der Waals surface area contributed by atoms with Crippen molar-refractivity contribution in [3.63, 3.8) is 0 Å². The van der Waals surface area contributed by atoms with Gasteiger partial charge in [0.15, 0.2) is 40.0 Å². The molecular weight excluding hydrogens is 588 g/mol. The Morgan fingerprint density at radius 3 is 2.49 bits per heavy atom. The highest BCUT2D eigenvalue weighted by atomic mass is 31.2. The molecule has 2 aromatic heterocycles. The average Bonchev–Trinajstić information content (AvgIpc) is 3.41. The van der Waals surface area contributed by atoms with Crippen molar-refractivity contribution in [1.29, 1.82) is 0 Å². The third kappa shape index (κ3) is 7.96. The van der Waals surface area contributed by atoms with E-state index < -0.39 is 31.4 Å². The van der Waals surface area contributed by atoms with E-state index in [9.17, 15) is 18.5 Å². The number of carbonyl (C=O) groups excluding carboxylic acids is 1. The molecular formula is C27H31FN5O9P. The van der Waals surface area contributed by atoms with E-state index in [2.05, 4.69) is 15.0 Å². The van der Waals surface area contributed by atoms with Crippen molar-refractivity contribution in [3.05, 3.63) is 70.0 Å². The number of nitrogens with two attached hydrogens (primary N) is 1. The Morgan fingerprint density at radius 2 is 1.77 bits per heavy atom. The zero-order chi connectivity index (χ0) is 31.0. The first-order valence-electron chi connectivity index (χ1n) is 12.9. The Morgan fingerprint density at radius 1 is 1.02 bits per heavy atom. The number of methoxy groups -OCH3 is 3. The number of anilines is 1. The number of rotatable bonds is 16. The standard InChI is InChI=1S/C27H31FN5O9P/c1-37-21-6-4-17(12-19(21)28)14-41-43(36,42-15-20(34)18-5-7-22(38-2)23(13-18)39-3)11-10-40-9-8-33-16-30-24-25(33)31-27(29)32-26(24)35/h4-7,12-13,16H,8-11,14-15H2,1-3H3,(H3,29,31,32,35). The summed E-state index contributed by atoms with van der Waals surface area (Å²) in [7, 11) is 0.320. The second-order valence-corrected chi connectivity index (χ2v) is 11.2. The summed E-state index contributed by atoms with van der Waals surface area (Å²) < 4.78 is 61.6. The first-order chi connectivity index (χ1) is 20.7. The Hall–Kier alpha value is -4.30. The van der Waals surface area contributed by atoms with Crippen LogP contribution in [0.2, 0.25) is 0 Å². The predicted octanol–water partition coefficient (Wildman–Crippen LogP) is 3.19. The summed E-state index contributed by atoms with van der Waals surface area (Å²) >= 11 is 0. The van der Waals surface area contributed by atoms with Crippen LogP contribution in [0.4, 0.5) is 10.3 Å². The number of ketones is 1. The molecule has 1 unspecified atom stereocenters. The van der Waals surface area contributed by atoms with Gasteiger partial charge in [0.2, 0.25) is 5.95 Å². The van der Waals surface area contributed by atoms with Crippen molar-refractivity contribution in [3.8, 4) is 17.2 Å². The third-order valence-electron chi connectivity index (χ3n) is 6.22. The molecule has 0 aliphatic rings. The quantitative estimate of drug-likeness (QED) is 0.106. The summed E-state index contributed by atoms with van der Waals surface area (Å²) in [6, 6.07) is 8.74. The van der Waals surface area contributed by atoms with Crippen molar-refractivity contribution in [2.75, 3.05) is 53.0 Å². The van der Waals surface area contributed by atoms with Crippen molar-refractivity contribution in [2.45, 2.75) is 13.2 Å². The highest BCUT2D eigenvalue weighted by Crippen LogP contribution is 2.49. The van der Waals surface area contributed by atoms with Crippen LogP contribution in [0.25, 0.3) is 11.2 Å². The van der Waals surface area contributed by atoms with Crippen LogP contribution in [0.1, 0.15) is 15.9 Å². The Kier molecular flexibility index (Phi) is 10.5. The molecule has 1 atom stereocenters. The molecule has 16 heteroatoms. The molecule has 2 heterocycles. The number of carbonyl (C=O) groups is 1. The maximum atomic E-state index is 14.2. The number of nitrogens with zero attached hydrogens (tertiary/aromatic N) is 3. The van der Waals surface area contributed by atoms with E-state index in [1.165, 1.54) is 51.9 Å². The van der Waals surface area contributed by atoms with Gasteiger partial charge < -0.3 is 38.3 Å². The number of aromatic nitrogens is 4. The molecule has 0 amide bonds. The molecule has 0 spiro atoms. The van der Waals surface area contributed by atoms with Gasteiger partial charge in [-0.3, -0.25) is 19.1 Å². The van der Waals surface area contributed by atoms with Gasteiger partial charge in [-0.25, -0.2) is 9.37 Å². The van der Waals surface area contributed by atoms with E-state index in [0.717, 1.165) is 0 Å². The van der Waals surface area contributed by atoms with E-state index in [-0.39, 0.29) is 55.3 Å². The molecule has 4 rings (SSSR count). The largest absolute Gasteiger partial charge is 0.494 e. The average molecular weight is 620 g/mol. The fourth-order valence-electron chi connectivity index (χ4n) is 3.96. The number of aromatic amines is 1. The molecule has 0 fully saturated rings. The SMILES string of the molecule is COc1ccc(COP(=O)(CCOCCn2cnc3c(=O)[nH]c(N)nc32)OCC(=O)c2ccc(OC)c(OC)c2)cc1F. The molecule has 4 aromatic rings. The summed E-state index contributed by atoms with van der Waals surface area (Å²) in [5.41, 5.74) is 6.22. The van der Waals surface area contributed by atoms with E-state index >= 15 is 0 Å². The number of imidazole rings is 1. The van der Waals surface area contributed by atoms with E-state index in [0.29, 0.717) is 22.7 Å². The van der Waals surface area contributed by atoms with Crippen LogP contribution < -0.4 is 25.5 Å². The van der Waals surface area contributed by atoms with E-state index in [4.69, 9.17) is 33.7 Å². The third-order valence-corrected chi connectivity index (χ3v) is 8.00. The molecule has 0 saturated heterocycles. The zero-order valence-electron chi connectivity index (χ0n) is 23.7. The number of benzene rings is 2. The normalized spacial score (nSPS) is 12.7. The second kappa shape index (κ2) is 14.2. The first-order valence-corrected chi connectivity index (χ1v) is 14.6. The van der Waals surface area contributed by atoms with Crippen LogP contribution in [-0.4, -0.2) is 72.6 Å². The summed E-state index contributed by atoms with van der Waals surface area (Å²) in [6.07, 6.45) is 1.22. The van der Waals surface area contributed by atoms with Gasteiger partial charge in [0.25, 0.3) is 5.56 Å². The topological polar surface area (TPSA) is 179 Å². The molecule has 3 N–H and O–H groups in total. The highest BCUT2D eigenvalue weighted by Gasteiger charge is 2.27. The van der Waals surface area contributed by atoms with Crippen LogP contribution in [0.15, 0.2) is 47.5 Å². The lowest BCUT2D eigenvalue weighted by Crippen LogP contribution is -2.15. The number of nitrogen functional groups attached to an aromatic ring is 1. The van der Waals surface area contributed by atoms with Gasteiger partial charge in [-0.2, -0.15) is 4.98 Å². The van der Waals surface area contributed by atoms with Crippen LogP contribution in [0.5, 0.6) is 17.2 Å². The monoisotopic (exact) mass is 619 g/mol. The van der Waals surface area contributed by atoms with Crippen molar-refractivity contribution < 1.29 is 41.7 Å².